The van der Waals surface area contributed by atoms with Crippen molar-refractivity contribution in [1.29, 1.82) is 0 Å². The molecule has 1 N–H and O–H groups in total. The van der Waals surface area contributed by atoms with E-state index in [-0.39, 0.29) is 5.56 Å². The van der Waals surface area contributed by atoms with Crippen molar-refractivity contribution in [1.82, 2.24) is 19.6 Å². The van der Waals surface area contributed by atoms with Crippen molar-refractivity contribution in [3.63, 3.8) is 0 Å². The third-order valence-corrected chi connectivity index (χ3v) is 3.66. The summed E-state index contributed by atoms with van der Waals surface area (Å²) in [4.78, 5) is 8.38. The van der Waals surface area contributed by atoms with Crippen LogP contribution in [0.3, 0.4) is 0 Å². The number of aromatic nitrogens is 4. The second kappa shape index (κ2) is 6.88. The van der Waals surface area contributed by atoms with Crippen LogP contribution in [-0.4, -0.2) is 26.7 Å². The molecule has 1 aromatic carbocycles. The molecule has 0 saturated carbocycles. The van der Waals surface area contributed by atoms with Crippen molar-refractivity contribution in [2.24, 2.45) is 0 Å². The predicted molar refractivity (Wildman–Crippen MR) is 84.5 cm³/mol. The maximum absolute atomic E-state index is 14.1. The summed E-state index contributed by atoms with van der Waals surface area (Å²) in [6.45, 7) is 2.20. The molecule has 3 aromatic rings. The van der Waals surface area contributed by atoms with E-state index in [2.05, 4.69) is 20.4 Å². The predicted octanol–water partition coefficient (Wildman–Crippen LogP) is 3.11. The number of rotatable bonds is 6. The number of ether oxygens (including phenoxy) is 1. The second-order valence-electron chi connectivity index (χ2n) is 5.31. The lowest BCUT2D eigenvalue weighted by Gasteiger charge is -2.20. The lowest BCUT2D eigenvalue weighted by molar-refractivity contribution is 0.181. The number of nitrogens with zero attached hydrogens (tertiary/aromatic N) is 4. The number of nitrogens with one attached hydrogen (secondary N) is 1. The van der Waals surface area contributed by atoms with Gasteiger partial charge in [-0.1, -0.05) is 6.92 Å². The molecule has 2 heterocycles. The molecule has 0 bridgehead atoms. The van der Waals surface area contributed by atoms with Gasteiger partial charge in [0.1, 0.15) is 23.8 Å². The molecule has 1 atom stereocenters. The van der Waals surface area contributed by atoms with Crippen LogP contribution in [0.25, 0.3) is 5.78 Å². The van der Waals surface area contributed by atoms with Gasteiger partial charge in [0.25, 0.3) is 5.78 Å². The minimum absolute atomic E-state index is 0.260. The molecule has 0 radical (unpaired) electrons. The largest absolute Gasteiger partial charge is 0.378 e. The maximum atomic E-state index is 14.1. The van der Waals surface area contributed by atoms with Crippen molar-refractivity contribution in [3.05, 3.63) is 53.5 Å². The Morgan fingerprint density at radius 2 is 2.12 bits per heavy atom. The number of hydrogen-bond donors (Lipinski definition) is 1. The number of benzene rings is 1. The topological polar surface area (TPSA) is 64.3 Å². The van der Waals surface area contributed by atoms with Gasteiger partial charge in [0.05, 0.1) is 18.3 Å². The molecule has 0 aliphatic carbocycles. The van der Waals surface area contributed by atoms with Crippen molar-refractivity contribution in [2.45, 2.75) is 26.0 Å². The highest BCUT2D eigenvalue weighted by Gasteiger charge is 2.17. The summed E-state index contributed by atoms with van der Waals surface area (Å²) < 4.78 is 34.2. The number of halogens is 2. The van der Waals surface area contributed by atoms with Gasteiger partial charge < -0.3 is 10.1 Å². The monoisotopic (exact) mass is 333 g/mol. The van der Waals surface area contributed by atoms with E-state index in [1.165, 1.54) is 16.9 Å². The highest BCUT2D eigenvalue weighted by molar-refractivity contribution is 5.47. The van der Waals surface area contributed by atoms with Gasteiger partial charge in [-0.05, 0) is 24.6 Å². The van der Waals surface area contributed by atoms with E-state index >= 15 is 0 Å². The van der Waals surface area contributed by atoms with Crippen LogP contribution in [0.2, 0.25) is 0 Å². The maximum Gasteiger partial charge on any atom is 0.254 e. The molecule has 0 spiro atoms. The lowest BCUT2D eigenvalue weighted by atomic mass is 10.0. The lowest BCUT2D eigenvalue weighted by Crippen LogP contribution is -2.15. The zero-order valence-corrected chi connectivity index (χ0v) is 13.3. The number of anilines is 1. The Morgan fingerprint density at radius 3 is 2.88 bits per heavy atom. The first-order valence-corrected chi connectivity index (χ1v) is 7.52. The molecule has 0 saturated heterocycles. The van der Waals surface area contributed by atoms with E-state index in [0.29, 0.717) is 30.3 Å². The molecule has 6 nitrogen and oxygen atoms in total. The third-order valence-electron chi connectivity index (χ3n) is 3.66. The Hall–Kier alpha value is -2.61. The van der Waals surface area contributed by atoms with E-state index in [4.69, 9.17) is 4.74 Å². The Bertz CT molecular complexity index is 852. The zero-order chi connectivity index (χ0) is 17.1. The van der Waals surface area contributed by atoms with Crippen molar-refractivity contribution >= 4 is 11.6 Å². The standard InChI is InChI=1S/C16H17F2N5O/c1-3-14(12-6-10(17)4-5-13(12)18)22-15-7-11(8-24-2)21-16-19-9-20-23(15)16/h4-7,9,14,22H,3,8H2,1-2H3. The summed E-state index contributed by atoms with van der Waals surface area (Å²) in [6.07, 6.45) is 1.94. The van der Waals surface area contributed by atoms with Gasteiger partial charge in [-0.2, -0.15) is 14.6 Å². The molecule has 0 aliphatic heterocycles. The molecule has 126 valence electrons. The van der Waals surface area contributed by atoms with Crippen molar-refractivity contribution in [2.75, 3.05) is 12.4 Å². The molecular formula is C16H17F2N5O. The van der Waals surface area contributed by atoms with Crippen LogP contribution in [0.5, 0.6) is 0 Å². The van der Waals surface area contributed by atoms with Gasteiger partial charge in [-0.25, -0.2) is 13.8 Å². The minimum atomic E-state index is -0.479. The Labute approximate surface area is 137 Å². The summed E-state index contributed by atoms with van der Waals surface area (Å²) >= 11 is 0. The van der Waals surface area contributed by atoms with E-state index in [1.807, 2.05) is 6.92 Å². The summed E-state index contributed by atoms with van der Waals surface area (Å²) in [6, 6.07) is 4.76. The molecule has 24 heavy (non-hydrogen) atoms. The number of fused-ring (bicyclic) bond motifs is 1. The summed E-state index contributed by atoms with van der Waals surface area (Å²) in [5.41, 5.74) is 0.922. The van der Waals surface area contributed by atoms with Crippen LogP contribution in [-0.2, 0) is 11.3 Å². The van der Waals surface area contributed by atoms with Crippen molar-refractivity contribution in [3.8, 4) is 0 Å². The highest BCUT2D eigenvalue weighted by Crippen LogP contribution is 2.26. The van der Waals surface area contributed by atoms with Gasteiger partial charge >= 0.3 is 0 Å². The normalized spacial score (nSPS) is 12.5. The molecular weight excluding hydrogens is 316 g/mol. The third kappa shape index (κ3) is 3.18. The van der Waals surface area contributed by atoms with Gasteiger partial charge in [0.15, 0.2) is 0 Å². The first-order valence-electron chi connectivity index (χ1n) is 7.52. The van der Waals surface area contributed by atoms with Crippen LogP contribution in [0.4, 0.5) is 14.6 Å². The SMILES string of the molecule is CCC(Nc1cc(COC)nc2ncnn12)c1cc(F)ccc1F. The van der Waals surface area contributed by atoms with Gasteiger partial charge in [-0.3, -0.25) is 0 Å². The summed E-state index contributed by atoms with van der Waals surface area (Å²) in [5, 5.41) is 7.31. The van der Waals surface area contributed by atoms with E-state index < -0.39 is 17.7 Å². The number of methoxy groups -OCH3 is 1. The number of hydrogen-bond acceptors (Lipinski definition) is 5. The minimum Gasteiger partial charge on any atom is -0.378 e. The first-order chi connectivity index (χ1) is 11.6. The molecule has 3 rings (SSSR count). The average molecular weight is 333 g/mol. The first kappa shape index (κ1) is 16.3. The molecule has 8 heteroatoms. The van der Waals surface area contributed by atoms with Gasteiger partial charge in [0.2, 0.25) is 0 Å². The zero-order valence-electron chi connectivity index (χ0n) is 13.3. The van der Waals surface area contributed by atoms with Crippen molar-refractivity contribution < 1.29 is 13.5 Å². The smallest absolute Gasteiger partial charge is 0.254 e. The van der Waals surface area contributed by atoms with E-state index in [0.717, 1.165) is 12.1 Å². The second-order valence-corrected chi connectivity index (χ2v) is 5.31. The summed E-state index contributed by atoms with van der Waals surface area (Å²) in [7, 11) is 1.57. The van der Waals surface area contributed by atoms with Crippen LogP contribution in [0.1, 0.15) is 30.6 Å². The highest BCUT2D eigenvalue weighted by atomic mass is 19.1. The summed E-state index contributed by atoms with van der Waals surface area (Å²) in [5.74, 6) is 0.0470. The Balaban J connectivity index is 2.00. The Kier molecular flexibility index (Phi) is 4.66. The molecule has 1 unspecified atom stereocenters. The fourth-order valence-electron chi connectivity index (χ4n) is 2.55. The molecule has 0 aliphatic rings. The van der Waals surface area contributed by atoms with E-state index in [1.54, 1.807) is 13.2 Å². The van der Waals surface area contributed by atoms with Gasteiger partial charge in [-0.15, -0.1) is 0 Å². The molecule has 2 aromatic heterocycles. The fourth-order valence-corrected chi connectivity index (χ4v) is 2.55. The van der Waals surface area contributed by atoms with E-state index in [9.17, 15) is 8.78 Å². The van der Waals surface area contributed by atoms with Crippen LogP contribution in [0.15, 0.2) is 30.6 Å². The quantitative estimate of drug-likeness (QED) is 0.751. The molecule has 0 fully saturated rings. The van der Waals surface area contributed by atoms with Crippen LogP contribution < -0.4 is 5.32 Å². The van der Waals surface area contributed by atoms with Crippen LogP contribution >= 0.6 is 0 Å². The molecule has 0 amide bonds. The van der Waals surface area contributed by atoms with Crippen LogP contribution in [0, 0.1) is 11.6 Å². The van der Waals surface area contributed by atoms with Gasteiger partial charge in [0, 0.05) is 18.7 Å². The average Bonchev–Trinajstić information content (AvgIpc) is 3.04. The fraction of sp³-hybridized carbons (Fsp3) is 0.312. The Morgan fingerprint density at radius 1 is 1.29 bits per heavy atom.